The van der Waals surface area contributed by atoms with Crippen LogP contribution in [0.3, 0.4) is 0 Å². The average molecular weight is 349 g/mol. The molecule has 0 amide bonds. The van der Waals surface area contributed by atoms with Crippen LogP contribution in [0, 0.1) is 0 Å². The van der Waals surface area contributed by atoms with Gasteiger partial charge in [0.1, 0.15) is 0 Å². The Hall–Kier alpha value is -3.61. The predicted molar refractivity (Wildman–Crippen MR) is 94.6 cm³/mol. The fraction of sp³-hybridized carbons (Fsp3) is 0.105. The van der Waals surface area contributed by atoms with Crippen molar-refractivity contribution in [2.24, 2.45) is 0 Å². The second-order valence-corrected chi connectivity index (χ2v) is 5.58. The highest BCUT2D eigenvalue weighted by Gasteiger charge is 2.15. The van der Waals surface area contributed by atoms with E-state index < -0.39 is 5.97 Å². The Kier molecular flexibility index (Phi) is 4.10. The van der Waals surface area contributed by atoms with E-state index in [4.69, 9.17) is 13.7 Å². The molecule has 7 heteroatoms. The third-order valence-electron chi connectivity index (χ3n) is 3.93. The van der Waals surface area contributed by atoms with Crippen molar-refractivity contribution in [1.29, 1.82) is 0 Å². The van der Waals surface area contributed by atoms with Crippen LogP contribution in [0.4, 0.5) is 5.69 Å². The minimum atomic E-state index is -0.417. The molecule has 0 spiro atoms. The van der Waals surface area contributed by atoms with Gasteiger partial charge in [0.25, 0.3) is 0 Å². The number of anilines is 1. The Balaban J connectivity index is 1.61. The number of ether oxygens (including phenoxy) is 1. The number of aromatic nitrogens is 2. The summed E-state index contributed by atoms with van der Waals surface area (Å²) >= 11 is 0. The van der Waals surface area contributed by atoms with E-state index in [9.17, 15) is 4.79 Å². The summed E-state index contributed by atoms with van der Waals surface area (Å²) < 4.78 is 15.4. The van der Waals surface area contributed by atoms with E-state index in [2.05, 4.69) is 15.5 Å². The molecule has 4 aromatic rings. The van der Waals surface area contributed by atoms with E-state index in [1.807, 2.05) is 30.3 Å². The summed E-state index contributed by atoms with van der Waals surface area (Å²) in [7, 11) is 1.36. The maximum atomic E-state index is 12.1. The van der Waals surface area contributed by atoms with Crippen LogP contribution >= 0.6 is 0 Å². The van der Waals surface area contributed by atoms with Gasteiger partial charge in [-0.2, -0.15) is 4.98 Å². The molecule has 0 fully saturated rings. The Morgan fingerprint density at radius 2 is 1.96 bits per heavy atom. The highest BCUT2D eigenvalue weighted by atomic mass is 16.5. The van der Waals surface area contributed by atoms with Gasteiger partial charge in [-0.1, -0.05) is 29.4 Å². The molecule has 4 rings (SSSR count). The fourth-order valence-electron chi connectivity index (χ4n) is 2.67. The van der Waals surface area contributed by atoms with Gasteiger partial charge in [-0.15, -0.1) is 0 Å². The Morgan fingerprint density at radius 1 is 1.15 bits per heavy atom. The number of nitrogens with zero attached hydrogens (tertiary/aromatic N) is 2. The normalized spacial score (nSPS) is 10.8. The molecular formula is C19H15N3O4. The molecule has 2 aromatic heterocycles. The maximum Gasteiger partial charge on any atom is 0.339 e. The van der Waals surface area contributed by atoms with Gasteiger partial charge in [-0.3, -0.25) is 0 Å². The van der Waals surface area contributed by atoms with Crippen LogP contribution in [0.5, 0.6) is 0 Å². The van der Waals surface area contributed by atoms with E-state index >= 15 is 0 Å². The minimum absolute atomic E-state index is 0.260. The summed E-state index contributed by atoms with van der Waals surface area (Å²) in [5, 5.41) is 9.01. The first-order chi connectivity index (χ1) is 12.7. The number of methoxy groups -OCH3 is 1. The molecule has 0 bridgehead atoms. The van der Waals surface area contributed by atoms with Crippen LogP contribution in [-0.2, 0) is 11.3 Å². The maximum absolute atomic E-state index is 12.1. The Morgan fingerprint density at radius 3 is 2.69 bits per heavy atom. The molecule has 1 N–H and O–H groups in total. The number of carbonyl (C=O) groups is 1. The Labute approximate surface area is 148 Å². The smallest absolute Gasteiger partial charge is 0.339 e. The lowest BCUT2D eigenvalue weighted by molar-refractivity contribution is 0.0602. The number of carbonyl (C=O) groups excluding carboxylic acids is 1. The lowest BCUT2D eigenvalue weighted by Crippen LogP contribution is -2.08. The van der Waals surface area contributed by atoms with Crippen LogP contribution in [0.2, 0.25) is 0 Å². The molecule has 0 atom stereocenters. The molecule has 7 nitrogen and oxygen atoms in total. The van der Waals surface area contributed by atoms with Crippen molar-refractivity contribution in [2.45, 2.75) is 6.54 Å². The van der Waals surface area contributed by atoms with E-state index in [-0.39, 0.29) is 6.54 Å². The molecule has 0 aliphatic heterocycles. The minimum Gasteiger partial charge on any atom is -0.465 e. The molecule has 2 aromatic carbocycles. The topological polar surface area (TPSA) is 90.4 Å². The summed E-state index contributed by atoms with van der Waals surface area (Å²) in [4.78, 5) is 16.4. The SMILES string of the molecule is COC(=O)c1cc2ccccc2cc1NCc1nc(-c2ccco2)no1. The third kappa shape index (κ3) is 3.02. The summed E-state index contributed by atoms with van der Waals surface area (Å²) in [5.74, 6) is 0.861. The molecule has 130 valence electrons. The monoisotopic (exact) mass is 349 g/mol. The number of benzene rings is 2. The standard InChI is InChI=1S/C19H15N3O4/c1-24-19(23)14-9-12-5-2-3-6-13(12)10-15(14)20-11-17-21-18(22-26-17)16-7-4-8-25-16/h2-10,20H,11H2,1H3. The summed E-state index contributed by atoms with van der Waals surface area (Å²) in [6.45, 7) is 0.260. The number of hydrogen-bond acceptors (Lipinski definition) is 7. The zero-order valence-electron chi connectivity index (χ0n) is 13.9. The highest BCUT2D eigenvalue weighted by Crippen LogP contribution is 2.25. The van der Waals surface area contributed by atoms with Crippen molar-refractivity contribution < 1.29 is 18.5 Å². The van der Waals surface area contributed by atoms with E-state index in [1.54, 1.807) is 24.5 Å². The van der Waals surface area contributed by atoms with Crippen molar-refractivity contribution in [3.05, 3.63) is 66.2 Å². The number of hydrogen-bond donors (Lipinski definition) is 1. The van der Waals surface area contributed by atoms with Gasteiger partial charge in [-0.05, 0) is 35.0 Å². The van der Waals surface area contributed by atoms with E-state index in [1.165, 1.54) is 7.11 Å². The molecule has 0 saturated heterocycles. The van der Waals surface area contributed by atoms with Crippen LogP contribution in [0.15, 0.2) is 63.7 Å². The molecule has 26 heavy (non-hydrogen) atoms. The van der Waals surface area contributed by atoms with Crippen LogP contribution in [0.25, 0.3) is 22.4 Å². The summed E-state index contributed by atoms with van der Waals surface area (Å²) in [6, 6.07) is 15.0. The molecule has 0 aliphatic carbocycles. The first-order valence-electron chi connectivity index (χ1n) is 7.96. The van der Waals surface area contributed by atoms with Crippen molar-refractivity contribution in [3.63, 3.8) is 0 Å². The van der Waals surface area contributed by atoms with Crippen molar-refractivity contribution in [3.8, 4) is 11.6 Å². The predicted octanol–water partition coefficient (Wildman–Crippen LogP) is 3.88. The molecule has 2 heterocycles. The number of rotatable bonds is 5. The van der Waals surface area contributed by atoms with Gasteiger partial charge in [0.15, 0.2) is 5.76 Å². The largest absolute Gasteiger partial charge is 0.465 e. The second kappa shape index (κ2) is 6.72. The zero-order chi connectivity index (χ0) is 17.9. The molecular weight excluding hydrogens is 334 g/mol. The zero-order valence-corrected chi connectivity index (χ0v) is 13.9. The fourth-order valence-corrected chi connectivity index (χ4v) is 2.67. The van der Waals surface area contributed by atoms with Gasteiger partial charge in [0.05, 0.1) is 25.5 Å². The molecule has 0 unspecified atom stereocenters. The van der Waals surface area contributed by atoms with Crippen molar-refractivity contribution in [2.75, 3.05) is 12.4 Å². The molecule has 0 aliphatic rings. The lowest BCUT2D eigenvalue weighted by Gasteiger charge is -2.11. The number of furan rings is 1. The summed E-state index contributed by atoms with van der Waals surface area (Å²) in [6.07, 6.45) is 1.54. The van der Waals surface area contributed by atoms with Crippen LogP contribution in [-0.4, -0.2) is 23.2 Å². The molecule has 0 radical (unpaired) electrons. The third-order valence-corrected chi connectivity index (χ3v) is 3.93. The van der Waals surface area contributed by atoms with Gasteiger partial charge in [0.2, 0.25) is 11.7 Å². The first kappa shape index (κ1) is 15.9. The highest BCUT2D eigenvalue weighted by molar-refractivity contribution is 6.01. The van der Waals surface area contributed by atoms with Gasteiger partial charge in [0, 0.05) is 5.69 Å². The van der Waals surface area contributed by atoms with Crippen molar-refractivity contribution >= 4 is 22.4 Å². The number of esters is 1. The number of fused-ring (bicyclic) bond motifs is 1. The van der Waals surface area contributed by atoms with Gasteiger partial charge in [-0.25, -0.2) is 4.79 Å². The Bertz CT molecular complexity index is 1050. The van der Waals surface area contributed by atoms with Gasteiger partial charge >= 0.3 is 5.97 Å². The summed E-state index contributed by atoms with van der Waals surface area (Å²) in [5.41, 5.74) is 1.07. The lowest BCUT2D eigenvalue weighted by atomic mass is 10.0. The van der Waals surface area contributed by atoms with E-state index in [0.29, 0.717) is 28.7 Å². The van der Waals surface area contributed by atoms with Gasteiger partial charge < -0.3 is 19.0 Å². The quantitative estimate of drug-likeness (QED) is 0.547. The van der Waals surface area contributed by atoms with Crippen molar-refractivity contribution in [1.82, 2.24) is 10.1 Å². The van der Waals surface area contributed by atoms with E-state index in [0.717, 1.165) is 10.8 Å². The first-order valence-corrected chi connectivity index (χ1v) is 7.96. The average Bonchev–Trinajstić information content (AvgIpc) is 3.36. The molecule has 0 saturated carbocycles. The van der Waals surface area contributed by atoms with Crippen LogP contribution < -0.4 is 5.32 Å². The number of nitrogens with one attached hydrogen (secondary N) is 1. The van der Waals surface area contributed by atoms with Crippen LogP contribution in [0.1, 0.15) is 16.2 Å². The second-order valence-electron chi connectivity index (χ2n) is 5.58.